The highest BCUT2D eigenvalue weighted by Crippen LogP contribution is 1.96. The van der Waals surface area contributed by atoms with Gasteiger partial charge in [-0.25, -0.2) is 4.98 Å². The van der Waals surface area contributed by atoms with Gasteiger partial charge in [0.2, 0.25) is 5.91 Å². The van der Waals surface area contributed by atoms with Gasteiger partial charge in [0.25, 0.3) is 0 Å². The van der Waals surface area contributed by atoms with E-state index in [1.165, 1.54) is 6.39 Å². The lowest BCUT2D eigenvalue weighted by atomic mass is 10.2. The zero-order valence-corrected chi connectivity index (χ0v) is 8.03. The Labute approximate surface area is 82.7 Å². The zero-order valence-electron chi connectivity index (χ0n) is 8.03. The van der Waals surface area contributed by atoms with Crippen molar-refractivity contribution in [3.8, 4) is 0 Å². The lowest BCUT2D eigenvalue weighted by molar-refractivity contribution is -0.118. The molecule has 1 heterocycles. The van der Waals surface area contributed by atoms with Crippen molar-refractivity contribution in [2.24, 2.45) is 5.73 Å². The summed E-state index contributed by atoms with van der Waals surface area (Å²) in [6, 6.07) is 0. The summed E-state index contributed by atoms with van der Waals surface area (Å²) in [5, 5.41) is 3.18. The number of oxazole rings is 1. The normalized spacial score (nSPS) is 10.3. The standard InChI is InChI=1S/C9H15N3O2/c10-9(13)3-1-2-4-11-5-8-6-12-7-14-8/h6-7,11H,1-5H2,(H2,10,13). The molecule has 0 spiro atoms. The van der Waals surface area contributed by atoms with Crippen LogP contribution in [0.25, 0.3) is 0 Å². The van der Waals surface area contributed by atoms with E-state index in [4.69, 9.17) is 10.2 Å². The first kappa shape index (κ1) is 10.7. The number of rotatable bonds is 7. The number of hydrogen-bond donors (Lipinski definition) is 2. The first-order valence-electron chi connectivity index (χ1n) is 4.65. The Hall–Kier alpha value is -1.36. The summed E-state index contributed by atoms with van der Waals surface area (Å²) in [7, 11) is 0. The predicted molar refractivity (Wildman–Crippen MR) is 51.3 cm³/mol. The number of hydrogen-bond acceptors (Lipinski definition) is 4. The minimum atomic E-state index is -0.236. The molecule has 0 aliphatic heterocycles. The van der Waals surface area contributed by atoms with Crippen LogP contribution in [0.3, 0.4) is 0 Å². The Kier molecular flexibility index (Phi) is 4.71. The van der Waals surface area contributed by atoms with E-state index in [9.17, 15) is 4.79 Å². The fourth-order valence-electron chi connectivity index (χ4n) is 1.09. The minimum Gasteiger partial charge on any atom is -0.447 e. The van der Waals surface area contributed by atoms with Gasteiger partial charge in [-0.05, 0) is 19.4 Å². The number of carbonyl (C=O) groups is 1. The molecule has 14 heavy (non-hydrogen) atoms. The summed E-state index contributed by atoms with van der Waals surface area (Å²) in [6.45, 7) is 1.53. The number of carbonyl (C=O) groups excluding carboxylic acids is 1. The molecule has 0 saturated carbocycles. The number of amides is 1. The molecule has 1 rings (SSSR count). The van der Waals surface area contributed by atoms with E-state index < -0.39 is 0 Å². The summed E-state index contributed by atoms with van der Waals surface area (Å²) in [5.74, 6) is 0.583. The molecule has 5 heteroatoms. The minimum absolute atomic E-state index is 0.236. The maximum Gasteiger partial charge on any atom is 0.217 e. The maximum atomic E-state index is 10.4. The maximum absolute atomic E-state index is 10.4. The van der Waals surface area contributed by atoms with Crippen molar-refractivity contribution in [1.29, 1.82) is 0 Å². The summed E-state index contributed by atoms with van der Waals surface area (Å²) in [4.78, 5) is 14.2. The molecular weight excluding hydrogens is 182 g/mol. The highest BCUT2D eigenvalue weighted by Gasteiger charge is 1.96. The van der Waals surface area contributed by atoms with E-state index >= 15 is 0 Å². The molecule has 0 aromatic carbocycles. The fourth-order valence-corrected chi connectivity index (χ4v) is 1.09. The third kappa shape index (κ3) is 4.61. The van der Waals surface area contributed by atoms with Gasteiger partial charge in [0.05, 0.1) is 12.7 Å². The number of aromatic nitrogens is 1. The molecule has 0 radical (unpaired) electrons. The molecule has 78 valence electrons. The predicted octanol–water partition coefficient (Wildman–Crippen LogP) is 0.420. The van der Waals surface area contributed by atoms with Gasteiger partial charge in [0, 0.05) is 6.42 Å². The van der Waals surface area contributed by atoms with Crippen LogP contribution in [0.4, 0.5) is 0 Å². The van der Waals surface area contributed by atoms with Crippen LogP contribution in [0.2, 0.25) is 0 Å². The van der Waals surface area contributed by atoms with E-state index in [0.29, 0.717) is 13.0 Å². The van der Waals surface area contributed by atoms with E-state index in [1.54, 1.807) is 6.20 Å². The highest BCUT2D eigenvalue weighted by molar-refractivity contribution is 5.73. The second-order valence-corrected chi connectivity index (χ2v) is 3.07. The lowest BCUT2D eigenvalue weighted by Crippen LogP contribution is -2.15. The highest BCUT2D eigenvalue weighted by atomic mass is 16.3. The Bertz CT molecular complexity index is 259. The molecule has 5 nitrogen and oxygen atoms in total. The van der Waals surface area contributed by atoms with Crippen LogP contribution in [0.5, 0.6) is 0 Å². The van der Waals surface area contributed by atoms with Crippen molar-refractivity contribution in [2.45, 2.75) is 25.8 Å². The van der Waals surface area contributed by atoms with Crippen LogP contribution in [0, 0.1) is 0 Å². The first-order chi connectivity index (χ1) is 6.79. The van der Waals surface area contributed by atoms with Crippen molar-refractivity contribution < 1.29 is 9.21 Å². The summed E-state index contributed by atoms with van der Waals surface area (Å²) in [6.07, 6.45) is 5.32. The van der Waals surface area contributed by atoms with Crippen LogP contribution in [0.15, 0.2) is 17.0 Å². The molecule has 0 unspecified atom stereocenters. The summed E-state index contributed by atoms with van der Waals surface area (Å²) >= 11 is 0. The van der Waals surface area contributed by atoms with Crippen LogP contribution < -0.4 is 11.1 Å². The van der Waals surface area contributed by atoms with Crippen molar-refractivity contribution >= 4 is 5.91 Å². The quantitative estimate of drug-likeness (QED) is 0.621. The van der Waals surface area contributed by atoms with Gasteiger partial charge in [-0.3, -0.25) is 4.79 Å². The van der Waals surface area contributed by atoms with Gasteiger partial charge in [-0.2, -0.15) is 0 Å². The molecule has 0 atom stereocenters. The molecule has 1 aromatic rings. The Balaban J connectivity index is 1.92. The monoisotopic (exact) mass is 197 g/mol. The van der Waals surface area contributed by atoms with Gasteiger partial charge in [-0.1, -0.05) is 0 Å². The van der Waals surface area contributed by atoms with Crippen LogP contribution in [0.1, 0.15) is 25.0 Å². The third-order valence-corrected chi connectivity index (χ3v) is 1.81. The lowest BCUT2D eigenvalue weighted by Gasteiger charge is -2.00. The Morgan fingerprint density at radius 1 is 1.57 bits per heavy atom. The van der Waals surface area contributed by atoms with Gasteiger partial charge in [0.1, 0.15) is 5.76 Å². The number of primary amides is 1. The van der Waals surface area contributed by atoms with E-state index in [0.717, 1.165) is 25.1 Å². The molecule has 1 aromatic heterocycles. The molecule has 0 saturated heterocycles. The van der Waals surface area contributed by atoms with Crippen LogP contribution >= 0.6 is 0 Å². The SMILES string of the molecule is NC(=O)CCCCNCc1cnco1. The number of nitrogens with one attached hydrogen (secondary N) is 1. The topological polar surface area (TPSA) is 81.2 Å². The first-order valence-corrected chi connectivity index (χ1v) is 4.65. The Morgan fingerprint density at radius 3 is 3.07 bits per heavy atom. The average Bonchev–Trinajstić information content (AvgIpc) is 2.63. The summed E-state index contributed by atoms with van der Waals surface area (Å²) in [5.41, 5.74) is 5.00. The van der Waals surface area contributed by atoms with Gasteiger partial charge >= 0.3 is 0 Å². The van der Waals surface area contributed by atoms with Crippen molar-refractivity contribution in [1.82, 2.24) is 10.3 Å². The van der Waals surface area contributed by atoms with E-state index in [2.05, 4.69) is 10.3 Å². The number of nitrogens with two attached hydrogens (primary N) is 1. The van der Waals surface area contributed by atoms with Crippen molar-refractivity contribution in [2.75, 3.05) is 6.54 Å². The Morgan fingerprint density at radius 2 is 2.43 bits per heavy atom. The average molecular weight is 197 g/mol. The second-order valence-electron chi connectivity index (χ2n) is 3.07. The van der Waals surface area contributed by atoms with Gasteiger partial charge in [-0.15, -0.1) is 0 Å². The molecule has 0 fully saturated rings. The van der Waals surface area contributed by atoms with E-state index in [1.807, 2.05) is 0 Å². The smallest absolute Gasteiger partial charge is 0.217 e. The molecule has 1 amide bonds. The fraction of sp³-hybridized carbons (Fsp3) is 0.556. The molecule has 0 aliphatic rings. The molecule has 0 aliphatic carbocycles. The van der Waals surface area contributed by atoms with E-state index in [-0.39, 0.29) is 5.91 Å². The molecule has 3 N–H and O–H groups in total. The number of nitrogens with zero attached hydrogens (tertiary/aromatic N) is 1. The third-order valence-electron chi connectivity index (χ3n) is 1.81. The van der Waals surface area contributed by atoms with Crippen molar-refractivity contribution in [3.05, 3.63) is 18.4 Å². The van der Waals surface area contributed by atoms with Gasteiger partial charge < -0.3 is 15.5 Å². The van der Waals surface area contributed by atoms with Crippen LogP contribution in [-0.4, -0.2) is 17.4 Å². The summed E-state index contributed by atoms with van der Waals surface area (Å²) < 4.78 is 5.03. The second kappa shape index (κ2) is 6.15. The molecular formula is C9H15N3O2. The molecule has 0 bridgehead atoms. The van der Waals surface area contributed by atoms with Gasteiger partial charge in [0.15, 0.2) is 6.39 Å². The zero-order chi connectivity index (χ0) is 10.2. The number of unbranched alkanes of at least 4 members (excludes halogenated alkanes) is 1. The van der Waals surface area contributed by atoms with Crippen LogP contribution in [-0.2, 0) is 11.3 Å². The largest absolute Gasteiger partial charge is 0.447 e. The van der Waals surface area contributed by atoms with Crippen molar-refractivity contribution in [3.63, 3.8) is 0 Å².